The number of anilines is 1. The lowest BCUT2D eigenvalue weighted by molar-refractivity contribution is 0.0953. The third-order valence-corrected chi connectivity index (χ3v) is 5.34. The molecule has 4 rings (SSSR count). The highest BCUT2D eigenvalue weighted by molar-refractivity contribution is 6.30. The van der Waals surface area contributed by atoms with Gasteiger partial charge in [0.05, 0.1) is 5.71 Å². The number of nitrogens with one attached hydrogen (secondary N) is 2. The molecule has 2 amide bonds. The van der Waals surface area contributed by atoms with Crippen molar-refractivity contribution in [3.05, 3.63) is 81.4 Å². The zero-order valence-electron chi connectivity index (χ0n) is 17.2. The van der Waals surface area contributed by atoms with E-state index in [2.05, 4.69) is 20.8 Å². The van der Waals surface area contributed by atoms with E-state index in [1.807, 2.05) is 19.9 Å². The number of furan rings is 1. The van der Waals surface area contributed by atoms with Crippen LogP contribution >= 0.6 is 11.6 Å². The van der Waals surface area contributed by atoms with Crippen molar-refractivity contribution in [3.63, 3.8) is 0 Å². The second-order valence-electron chi connectivity index (χ2n) is 7.39. The number of aromatic nitrogens is 1. The van der Waals surface area contributed by atoms with Gasteiger partial charge in [0.25, 0.3) is 11.8 Å². The van der Waals surface area contributed by atoms with Gasteiger partial charge >= 0.3 is 0 Å². The van der Waals surface area contributed by atoms with E-state index in [0.29, 0.717) is 46.3 Å². The first-order chi connectivity index (χ1) is 14.9. The van der Waals surface area contributed by atoms with Crippen LogP contribution in [-0.2, 0) is 6.42 Å². The molecule has 3 aromatic rings. The van der Waals surface area contributed by atoms with Gasteiger partial charge in [0.2, 0.25) is 0 Å². The zero-order chi connectivity index (χ0) is 22.0. The summed E-state index contributed by atoms with van der Waals surface area (Å²) in [5.41, 5.74) is 6.22. The third-order valence-electron chi connectivity index (χ3n) is 5.08. The van der Waals surface area contributed by atoms with Gasteiger partial charge in [-0.05, 0) is 62.6 Å². The highest BCUT2D eigenvalue weighted by Gasteiger charge is 2.28. The van der Waals surface area contributed by atoms with Gasteiger partial charge in [-0.15, -0.1) is 0 Å². The Morgan fingerprint density at radius 2 is 1.84 bits per heavy atom. The smallest absolute Gasteiger partial charge is 0.292 e. The molecule has 8 heteroatoms. The molecule has 0 unspecified atom stereocenters. The summed E-state index contributed by atoms with van der Waals surface area (Å²) in [6, 6.07) is 10.2. The molecule has 2 aromatic heterocycles. The highest BCUT2D eigenvalue weighted by Crippen LogP contribution is 2.30. The maximum absolute atomic E-state index is 12.8. The van der Waals surface area contributed by atoms with Gasteiger partial charge in [0, 0.05) is 34.3 Å². The van der Waals surface area contributed by atoms with Crippen LogP contribution in [0.4, 0.5) is 5.82 Å². The average Bonchev–Trinajstić information content (AvgIpc) is 3.11. The molecule has 1 aliphatic rings. The van der Waals surface area contributed by atoms with E-state index < -0.39 is 0 Å². The summed E-state index contributed by atoms with van der Waals surface area (Å²) in [5, 5.41) is 7.65. The lowest BCUT2D eigenvalue weighted by atomic mass is 9.93. The fraction of sp³-hybridized carbons (Fsp3) is 0.217. The molecule has 0 saturated carbocycles. The van der Waals surface area contributed by atoms with Crippen LogP contribution in [0.3, 0.4) is 0 Å². The van der Waals surface area contributed by atoms with E-state index in [1.165, 1.54) is 0 Å². The summed E-state index contributed by atoms with van der Waals surface area (Å²) in [7, 11) is 0. The van der Waals surface area contributed by atoms with Crippen molar-refractivity contribution in [2.24, 2.45) is 5.10 Å². The van der Waals surface area contributed by atoms with E-state index in [-0.39, 0.29) is 17.6 Å². The average molecular weight is 437 g/mol. The topological polar surface area (TPSA) is 96.6 Å². The molecule has 0 fully saturated rings. The number of fused-ring (bicyclic) bond motifs is 1. The first kappa shape index (κ1) is 20.8. The number of amides is 2. The lowest BCUT2D eigenvalue weighted by Crippen LogP contribution is -2.22. The SMILES string of the molecule is Cc1ccc(NC(=O)c2oc3c(c2C)/C(=N/NC(=O)c2ccc(Cl)cc2)CCC3)nc1. The summed E-state index contributed by atoms with van der Waals surface area (Å²) in [5.74, 6) is 0.679. The van der Waals surface area contributed by atoms with Crippen LogP contribution in [0.1, 0.15) is 56.2 Å². The van der Waals surface area contributed by atoms with Gasteiger partial charge in [0.1, 0.15) is 11.6 Å². The maximum atomic E-state index is 12.8. The van der Waals surface area contributed by atoms with Crippen molar-refractivity contribution < 1.29 is 14.0 Å². The predicted molar refractivity (Wildman–Crippen MR) is 119 cm³/mol. The number of rotatable bonds is 4. The molecule has 0 atom stereocenters. The number of halogens is 1. The molecule has 0 spiro atoms. The first-order valence-electron chi connectivity index (χ1n) is 9.91. The monoisotopic (exact) mass is 436 g/mol. The normalized spacial score (nSPS) is 14.2. The predicted octanol–water partition coefficient (Wildman–Crippen LogP) is 4.67. The van der Waals surface area contributed by atoms with Crippen LogP contribution in [0.15, 0.2) is 52.1 Å². The Labute approximate surface area is 184 Å². The van der Waals surface area contributed by atoms with E-state index >= 15 is 0 Å². The quantitative estimate of drug-likeness (QED) is 0.581. The number of nitrogens with zero attached hydrogens (tertiary/aromatic N) is 2. The number of hydrogen-bond donors (Lipinski definition) is 2. The molecule has 0 bridgehead atoms. The number of carbonyl (C=O) groups excluding carboxylic acids is 2. The van der Waals surface area contributed by atoms with Gasteiger partial charge in [0.15, 0.2) is 5.76 Å². The molecule has 2 N–H and O–H groups in total. The van der Waals surface area contributed by atoms with E-state index in [1.54, 1.807) is 36.5 Å². The van der Waals surface area contributed by atoms with Crippen molar-refractivity contribution in [3.8, 4) is 0 Å². The van der Waals surface area contributed by atoms with E-state index in [4.69, 9.17) is 16.0 Å². The fourth-order valence-electron chi connectivity index (χ4n) is 3.50. The molecular formula is C23H21ClN4O3. The third kappa shape index (κ3) is 4.51. The van der Waals surface area contributed by atoms with Gasteiger partial charge in [-0.2, -0.15) is 5.10 Å². The molecule has 2 heterocycles. The van der Waals surface area contributed by atoms with Gasteiger partial charge in [-0.3, -0.25) is 9.59 Å². The van der Waals surface area contributed by atoms with Gasteiger partial charge in [-0.1, -0.05) is 17.7 Å². The first-order valence-corrected chi connectivity index (χ1v) is 10.3. The number of carbonyl (C=O) groups is 2. The minimum Gasteiger partial charge on any atom is -0.455 e. The van der Waals surface area contributed by atoms with Crippen LogP contribution in [0, 0.1) is 13.8 Å². The zero-order valence-corrected chi connectivity index (χ0v) is 17.9. The Balaban J connectivity index is 1.55. The van der Waals surface area contributed by atoms with Crippen LogP contribution in [0.25, 0.3) is 0 Å². The second-order valence-corrected chi connectivity index (χ2v) is 7.83. The molecular weight excluding hydrogens is 416 g/mol. The van der Waals surface area contributed by atoms with E-state index in [0.717, 1.165) is 17.5 Å². The van der Waals surface area contributed by atoms with Crippen molar-refractivity contribution >= 4 is 34.9 Å². The Morgan fingerprint density at radius 3 is 2.55 bits per heavy atom. The number of hydrazone groups is 1. The molecule has 31 heavy (non-hydrogen) atoms. The van der Waals surface area contributed by atoms with Crippen molar-refractivity contribution in [2.45, 2.75) is 33.1 Å². The standard InChI is InChI=1S/C23H21ClN4O3/c1-13-6-11-19(25-12-13)26-23(30)21-14(2)20-17(4-3-5-18(20)31-21)27-28-22(29)15-7-9-16(24)10-8-15/h6-12H,3-5H2,1-2H3,(H,28,29)(H,25,26,30)/b27-17+. The Kier molecular flexibility index (Phi) is 5.86. The van der Waals surface area contributed by atoms with Crippen LogP contribution in [0.2, 0.25) is 5.02 Å². The van der Waals surface area contributed by atoms with Crippen molar-refractivity contribution in [1.29, 1.82) is 0 Å². The highest BCUT2D eigenvalue weighted by atomic mass is 35.5. The van der Waals surface area contributed by atoms with Crippen LogP contribution in [0.5, 0.6) is 0 Å². The maximum Gasteiger partial charge on any atom is 0.292 e. The molecule has 0 saturated heterocycles. The molecule has 7 nitrogen and oxygen atoms in total. The van der Waals surface area contributed by atoms with Crippen LogP contribution < -0.4 is 10.7 Å². The molecule has 0 aliphatic heterocycles. The molecule has 158 valence electrons. The number of hydrogen-bond acceptors (Lipinski definition) is 5. The number of aryl methyl sites for hydroxylation is 2. The second kappa shape index (κ2) is 8.73. The number of benzene rings is 1. The minimum absolute atomic E-state index is 0.228. The minimum atomic E-state index is -0.368. The molecule has 1 aliphatic carbocycles. The Morgan fingerprint density at radius 1 is 1.06 bits per heavy atom. The Bertz CT molecular complexity index is 1160. The molecule has 1 aromatic carbocycles. The Hall–Kier alpha value is -3.45. The van der Waals surface area contributed by atoms with E-state index in [9.17, 15) is 9.59 Å². The summed E-state index contributed by atoms with van der Waals surface area (Å²) in [6.45, 7) is 3.75. The largest absolute Gasteiger partial charge is 0.455 e. The van der Waals surface area contributed by atoms with Gasteiger partial charge in [-0.25, -0.2) is 10.4 Å². The van der Waals surface area contributed by atoms with Crippen molar-refractivity contribution in [2.75, 3.05) is 5.32 Å². The molecule has 0 radical (unpaired) electrons. The summed E-state index contributed by atoms with van der Waals surface area (Å²) >= 11 is 5.87. The van der Waals surface area contributed by atoms with Crippen LogP contribution in [-0.4, -0.2) is 22.5 Å². The fourth-order valence-corrected chi connectivity index (χ4v) is 3.62. The summed E-state index contributed by atoms with van der Waals surface area (Å²) in [6.07, 6.45) is 3.88. The van der Waals surface area contributed by atoms with Gasteiger partial charge < -0.3 is 9.73 Å². The summed E-state index contributed by atoms with van der Waals surface area (Å²) < 4.78 is 5.88. The lowest BCUT2D eigenvalue weighted by Gasteiger charge is -2.13. The van der Waals surface area contributed by atoms with Crippen molar-refractivity contribution in [1.82, 2.24) is 10.4 Å². The number of pyridine rings is 1. The summed E-state index contributed by atoms with van der Waals surface area (Å²) in [4.78, 5) is 29.3.